The Kier molecular flexibility index (Phi) is 5.28. The standard InChI is InChI=1S/C17H21FN2O/c1-4-8-19-11-16-12(2)9-13(3)20-17(16)21-15-7-5-6-14(18)10-15/h5-7,9-10,19H,4,8,11H2,1-3H3. The molecular weight excluding hydrogens is 267 g/mol. The molecular formula is C17H21FN2O. The highest BCUT2D eigenvalue weighted by atomic mass is 19.1. The minimum Gasteiger partial charge on any atom is -0.439 e. The molecule has 0 saturated carbocycles. The molecule has 1 heterocycles. The van der Waals surface area contributed by atoms with E-state index in [4.69, 9.17) is 4.74 Å². The number of ether oxygens (including phenoxy) is 1. The van der Waals surface area contributed by atoms with Crippen molar-refractivity contribution in [3.63, 3.8) is 0 Å². The minimum absolute atomic E-state index is 0.317. The Morgan fingerprint density at radius 3 is 2.76 bits per heavy atom. The van der Waals surface area contributed by atoms with Gasteiger partial charge < -0.3 is 10.1 Å². The average Bonchev–Trinajstić information content (AvgIpc) is 2.42. The third-order valence-electron chi connectivity index (χ3n) is 3.18. The molecule has 1 aromatic heterocycles. The van der Waals surface area contributed by atoms with Gasteiger partial charge in [0.2, 0.25) is 5.88 Å². The van der Waals surface area contributed by atoms with Gasteiger partial charge in [-0.05, 0) is 50.6 Å². The third-order valence-corrected chi connectivity index (χ3v) is 3.18. The molecule has 1 aromatic carbocycles. The van der Waals surface area contributed by atoms with E-state index >= 15 is 0 Å². The SMILES string of the molecule is CCCNCc1c(C)cc(C)nc1Oc1cccc(F)c1. The van der Waals surface area contributed by atoms with Crippen molar-refractivity contribution in [1.29, 1.82) is 0 Å². The summed E-state index contributed by atoms with van der Waals surface area (Å²) in [7, 11) is 0. The molecule has 0 unspecified atom stereocenters. The number of nitrogens with one attached hydrogen (secondary N) is 1. The van der Waals surface area contributed by atoms with Crippen LogP contribution in [0.4, 0.5) is 4.39 Å². The summed E-state index contributed by atoms with van der Waals surface area (Å²) in [6.45, 7) is 7.71. The highest BCUT2D eigenvalue weighted by Gasteiger charge is 2.11. The molecule has 0 atom stereocenters. The van der Waals surface area contributed by atoms with Gasteiger partial charge >= 0.3 is 0 Å². The Bertz CT molecular complexity index is 614. The zero-order valence-corrected chi connectivity index (χ0v) is 12.7. The molecule has 2 rings (SSSR count). The van der Waals surface area contributed by atoms with Crippen LogP contribution in [-0.4, -0.2) is 11.5 Å². The van der Waals surface area contributed by atoms with Gasteiger partial charge in [0.05, 0.1) is 0 Å². The maximum atomic E-state index is 13.3. The highest BCUT2D eigenvalue weighted by molar-refractivity contribution is 5.39. The van der Waals surface area contributed by atoms with E-state index in [-0.39, 0.29) is 5.82 Å². The van der Waals surface area contributed by atoms with Crippen molar-refractivity contribution < 1.29 is 9.13 Å². The summed E-state index contributed by atoms with van der Waals surface area (Å²) in [6, 6.07) is 8.14. The lowest BCUT2D eigenvalue weighted by atomic mass is 10.1. The topological polar surface area (TPSA) is 34.2 Å². The molecule has 0 spiro atoms. The number of aryl methyl sites for hydroxylation is 2. The predicted molar refractivity (Wildman–Crippen MR) is 82.2 cm³/mol. The van der Waals surface area contributed by atoms with Crippen LogP contribution in [-0.2, 0) is 6.54 Å². The van der Waals surface area contributed by atoms with Crippen LogP contribution >= 0.6 is 0 Å². The Hall–Kier alpha value is -1.94. The summed E-state index contributed by atoms with van der Waals surface area (Å²) < 4.78 is 19.1. The van der Waals surface area contributed by atoms with Crippen molar-refractivity contribution in [2.24, 2.45) is 0 Å². The molecule has 0 saturated heterocycles. The van der Waals surface area contributed by atoms with E-state index in [1.807, 2.05) is 19.9 Å². The smallest absolute Gasteiger partial charge is 0.224 e. The highest BCUT2D eigenvalue weighted by Crippen LogP contribution is 2.26. The first-order valence-electron chi connectivity index (χ1n) is 7.21. The van der Waals surface area contributed by atoms with Crippen molar-refractivity contribution in [2.75, 3.05) is 6.54 Å². The summed E-state index contributed by atoms with van der Waals surface area (Å²) in [4.78, 5) is 4.45. The lowest BCUT2D eigenvalue weighted by Gasteiger charge is -2.14. The van der Waals surface area contributed by atoms with Crippen LogP contribution in [0.25, 0.3) is 0 Å². The summed E-state index contributed by atoms with van der Waals surface area (Å²) in [5.41, 5.74) is 3.02. The number of nitrogens with zero attached hydrogens (tertiary/aromatic N) is 1. The second-order valence-electron chi connectivity index (χ2n) is 5.10. The first-order chi connectivity index (χ1) is 10.1. The molecule has 0 fully saturated rings. The van der Waals surface area contributed by atoms with Crippen molar-refractivity contribution in [3.8, 4) is 11.6 Å². The van der Waals surface area contributed by atoms with Gasteiger partial charge in [-0.1, -0.05) is 13.0 Å². The molecule has 21 heavy (non-hydrogen) atoms. The third kappa shape index (κ3) is 4.26. The Morgan fingerprint density at radius 2 is 2.05 bits per heavy atom. The van der Waals surface area contributed by atoms with Gasteiger partial charge in [0, 0.05) is 23.9 Å². The van der Waals surface area contributed by atoms with Gasteiger partial charge in [-0.2, -0.15) is 0 Å². The fraction of sp³-hybridized carbons (Fsp3) is 0.353. The number of benzene rings is 1. The number of aromatic nitrogens is 1. The zero-order chi connectivity index (χ0) is 15.2. The summed E-state index contributed by atoms with van der Waals surface area (Å²) in [6.07, 6.45) is 1.07. The van der Waals surface area contributed by atoms with E-state index in [0.717, 1.165) is 29.8 Å². The van der Waals surface area contributed by atoms with E-state index in [1.54, 1.807) is 12.1 Å². The molecule has 0 radical (unpaired) electrons. The largest absolute Gasteiger partial charge is 0.439 e. The predicted octanol–water partition coefficient (Wildman–Crippen LogP) is 4.13. The monoisotopic (exact) mass is 288 g/mol. The maximum Gasteiger partial charge on any atom is 0.224 e. The van der Waals surface area contributed by atoms with Crippen LogP contribution in [0.5, 0.6) is 11.6 Å². The van der Waals surface area contributed by atoms with E-state index in [1.165, 1.54) is 12.1 Å². The quantitative estimate of drug-likeness (QED) is 0.812. The van der Waals surface area contributed by atoms with E-state index in [2.05, 4.69) is 17.2 Å². The fourth-order valence-electron chi connectivity index (χ4n) is 2.16. The van der Waals surface area contributed by atoms with Gasteiger partial charge in [0.15, 0.2) is 0 Å². The van der Waals surface area contributed by atoms with Crippen LogP contribution in [0.15, 0.2) is 30.3 Å². The lowest BCUT2D eigenvalue weighted by molar-refractivity contribution is 0.446. The first kappa shape index (κ1) is 15.4. The summed E-state index contributed by atoms with van der Waals surface area (Å²) in [5, 5.41) is 3.36. The molecule has 4 heteroatoms. The Morgan fingerprint density at radius 1 is 1.24 bits per heavy atom. The molecule has 1 N–H and O–H groups in total. The molecule has 0 aliphatic heterocycles. The number of hydrogen-bond donors (Lipinski definition) is 1. The van der Waals surface area contributed by atoms with Gasteiger partial charge in [0.1, 0.15) is 11.6 Å². The maximum absolute atomic E-state index is 13.3. The van der Waals surface area contributed by atoms with E-state index in [0.29, 0.717) is 18.2 Å². The minimum atomic E-state index is -0.317. The molecule has 0 amide bonds. The summed E-state index contributed by atoms with van der Waals surface area (Å²) >= 11 is 0. The van der Waals surface area contributed by atoms with Gasteiger partial charge in [-0.3, -0.25) is 0 Å². The number of halogens is 1. The number of pyridine rings is 1. The second kappa shape index (κ2) is 7.18. The van der Waals surface area contributed by atoms with Crippen molar-refractivity contribution in [2.45, 2.75) is 33.7 Å². The molecule has 0 aliphatic carbocycles. The van der Waals surface area contributed by atoms with E-state index in [9.17, 15) is 4.39 Å². The number of rotatable bonds is 6. The summed E-state index contributed by atoms with van der Waals surface area (Å²) in [5.74, 6) is 0.688. The number of hydrogen-bond acceptors (Lipinski definition) is 3. The zero-order valence-electron chi connectivity index (χ0n) is 12.7. The first-order valence-corrected chi connectivity index (χ1v) is 7.21. The normalized spacial score (nSPS) is 10.7. The van der Waals surface area contributed by atoms with E-state index < -0.39 is 0 Å². The Balaban J connectivity index is 2.27. The molecule has 0 bridgehead atoms. The lowest BCUT2D eigenvalue weighted by Crippen LogP contribution is -2.16. The van der Waals surface area contributed by atoms with Crippen LogP contribution in [0, 0.1) is 19.7 Å². The molecule has 112 valence electrons. The van der Waals surface area contributed by atoms with Crippen molar-refractivity contribution >= 4 is 0 Å². The molecule has 2 aromatic rings. The fourth-order valence-corrected chi connectivity index (χ4v) is 2.16. The molecule has 0 aliphatic rings. The molecule has 3 nitrogen and oxygen atoms in total. The Labute approximate surface area is 125 Å². The van der Waals surface area contributed by atoms with Crippen LogP contribution in [0.2, 0.25) is 0 Å². The van der Waals surface area contributed by atoms with Crippen molar-refractivity contribution in [1.82, 2.24) is 10.3 Å². The van der Waals surface area contributed by atoms with Crippen LogP contribution < -0.4 is 10.1 Å². The van der Waals surface area contributed by atoms with Gasteiger partial charge in [-0.25, -0.2) is 9.37 Å². The van der Waals surface area contributed by atoms with Gasteiger partial charge in [-0.15, -0.1) is 0 Å². The average molecular weight is 288 g/mol. The van der Waals surface area contributed by atoms with Crippen molar-refractivity contribution in [3.05, 3.63) is 53.0 Å². The van der Waals surface area contributed by atoms with Crippen LogP contribution in [0.3, 0.4) is 0 Å². The van der Waals surface area contributed by atoms with Crippen LogP contribution in [0.1, 0.15) is 30.2 Å². The van der Waals surface area contributed by atoms with Gasteiger partial charge in [0.25, 0.3) is 0 Å². The second-order valence-corrected chi connectivity index (χ2v) is 5.10.